The average Bonchev–Trinajstić information content (AvgIpc) is 2.43. The summed E-state index contributed by atoms with van der Waals surface area (Å²) in [4.78, 5) is 14.1. The highest BCUT2D eigenvalue weighted by Gasteiger charge is 2.09. The number of carbonyl (C=O) groups is 1. The van der Waals surface area contributed by atoms with E-state index in [1.165, 1.54) is 18.2 Å². The number of carbonyl (C=O) groups excluding carboxylic acids is 1. The standard InChI is InChI=1S/C16H26FN3O/c1-4-6-12(2)20(3)10-5-7-16(21)19-13-8-9-14(17)15(18)11-13/h8-9,11-12H,4-7,10,18H2,1-3H3,(H,19,21). The number of hydrogen-bond acceptors (Lipinski definition) is 3. The van der Waals surface area contributed by atoms with E-state index in [1.807, 2.05) is 0 Å². The van der Waals surface area contributed by atoms with Gasteiger partial charge in [-0.25, -0.2) is 4.39 Å². The molecule has 0 aliphatic heterocycles. The van der Waals surface area contributed by atoms with E-state index >= 15 is 0 Å². The Morgan fingerprint density at radius 3 is 2.81 bits per heavy atom. The highest BCUT2D eigenvalue weighted by Crippen LogP contribution is 2.16. The molecule has 0 aliphatic rings. The minimum atomic E-state index is -0.473. The number of anilines is 2. The molecule has 1 atom stereocenters. The molecule has 1 aromatic rings. The summed E-state index contributed by atoms with van der Waals surface area (Å²) in [6, 6.07) is 4.74. The smallest absolute Gasteiger partial charge is 0.224 e. The van der Waals surface area contributed by atoms with Gasteiger partial charge >= 0.3 is 0 Å². The molecule has 0 aromatic heterocycles. The molecule has 0 fully saturated rings. The van der Waals surface area contributed by atoms with Crippen LogP contribution in [0.25, 0.3) is 0 Å². The molecule has 5 heteroatoms. The molecule has 1 unspecified atom stereocenters. The van der Waals surface area contributed by atoms with Crippen LogP contribution in [0.15, 0.2) is 18.2 Å². The first-order valence-corrected chi connectivity index (χ1v) is 7.49. The third-order valence-corrected chi connectivity index (χ3v) is 3.65. The summed E-state index contributed by atoms with van der Waals surface area (Å²) in [7, 11) is 2.08. The zero-order valence-electron chi connectivity index (χ0n) is 13.2. The van der Waals surface area contributed by atoms with Crippen molar-refractivity contribution < 1.29 is 9.18 Å². The predicted molar refractivity (Wildman–Crippen MR) is 85.7 cm³/mol. The van der Waals surface area contributed by atoms with Crippen LogP contribution in [-0.4, -0.2) is 30.4 Å². The molecule has 0 heterocycles. The molecular formula is C16H26FN3O. The van der Waals surface area contributed by atoms with Crippen LogP contribution >= 0.6 is 0 Å². The fourth-order valence-electron chi connectivity index (χ4n) is 2.19. The number of hydrogen-bond donors (Lipinski definition) is 2. The van der Waals surface area contributed by atoms with Gasteiger partial charge in [-0.05, 0) is 51.6 Å². The van der Waals surface area contributed by atoms with Crippen molar-refractivity contribution in [3.8, 4) is 0 Å². The van der Waals surface area contributed by atoms with E-state index in [9.17, 15) is 9.18 Å². The van der Waals surface area contributed by atoms with Gasteiger partial charge in [0.25, 0.3) is 0 Å². The Hall–Kier alpha value is -1.62. The molecule has 0 bridgehead atoms. The van der Waals surface area contributed by atoms with Crippen LogP contribution in [0.5, 0.6) is 0 Å². The van der Waals surface area contributed by atoms with Crippen molar-refractivity contribution in [1.29, 1.82) is 0 Å². The molecule has 0 saturated carbocycles. The fraction of sp³-hybridized carbons (Fsp3) is 0.562. The highest BCUT2D eigenvalue weighted by atomic mass is 19.1. The van der Waals surface area contributed by atoms with Gasteiger partial charge in [-0.15, -0.1) is 0 Å². The first-order valence-electron chi connectivity index (χ1n) is 7.49. The number of amides is 1. The first kappa shape index (κ1) is 17.4. The molecule has 0 spiro atoms. The SMILES string of the molecule is CCCC(C)N(C)CCCC(=O)Nc1ccc(F)c(N)c1. The lowest BCUT2D eigenvalue weighted by Crippen LogP contribution is -2.30. The van der Waals surface area contributed by atoms with Crippen molar-refractivity contribution in [2.75, 3.05) is 24.6 Å². The molecule has 3 N–H and O–H groups in total. The average molecular weight is 295 g/mol. The van der Waals surface area contributed by atoms with Gasteiger partial charge in [0.2, 0.25) is 5.91 Å². The molecule has 1 rings (SSSR count). The van der Waals surface area contributed by atoms with Gasteiger partial charge < -0.3 is 16.0 Å². The van der Waals surface area contributed by atoms with Crippen molar-refractivity contribution in [3.05, 3.63) is 24.0 Å². The van der Waals surface area contributed by atoms with Gasteiger partial charge in [0.15, 0.2) is 0 Å². The molecule has 21 heavy (non-hydrogen) atoms. The van der Waals surface area contributed by atoms with Gasteiger partial charge in [0.1, 0.15) is 5.82 Å². The van der Waals surface area contributed by atoms with Gasteiger partial charge in [0, 0.05) is 18.2 Å². The zero-order valence-corrected chi connectivity index (χ0v) is 13.2. The van der Waals surface area contributed by atoms with E-state index in [-0.39, 0.29) is 11.6 Å². The number of nitrogens with one attached hydrogen (secondary N) is 1. The third-order valence-electron chi connectivity index (χ3n) is 3.65. The van der Waals surface area contributed by atoms with Crippen LogP contribution in [-0.2, 0) is 4.79 Å². The van der Waals surface area contributed by atoms with E-state index in [1.54, 1.807) is 0 Å². The Labute approximate surface area is 126 Å². The Kier molecular flexibility index (Phi) is 7.15. The normalized spacial score (nSPS) is 12.4. The van der Waals surface area contributed by atoms with Crippen LogP contribution in [0.2, 0.25) is 0 Å². The van der Waals surface area contributed by atoms with Gasteiger partial charge in [-0.2, -0.15) is 0 Å². The number of nitrogen functional groups attached to an aromatic ring is 1. The molecule has 1 aromatic carbocycles. The number of benzene rings is 1. The summed E-state index contributed by atoms with van der Waals surface area (Å²) in [6.07, 6.45) is 3.57. The maximum absolute atomic E-state index is 13.0. The number of nitrogens with two attached hydrogens (primary N) is 1. The Morgan fingerprint density at radius 2 is 2.19 bits per heavy atom. The van der Waals surface area contributed by atoms with E-state index in [0.717, 1.165) is 25.8 Å². The van der Waals surface area contributed by atoms with Gasteiger partial charge in [0.05, 0.1) is 5.69 Å². The summed E-state index contributed by atoms with van der Waals surface area (Å²) in [5.41, 5.74) is 6.04. The van der Waals surface area contributed by atoms with E-state index in [2.05, 4.69) is 31.1 Å². The van der Waals surface area contributed by atoms with Crippen LogP contribution in [0, 0.1) is 5.82 Å². The van der Waals surface area contributed by atoms with Crippen LogP contribution in [0.1, 0.15) is 39.5 Å². The monoisotopic (exact) mass is 295 g/mol. The van der Waals surface area contributed by atoms with Crippen LogP contribution in [0.3, 0.4) is 0 Å². The summed E-state index contributed by atoms with van der Waals surface area (Å²) in [5.74, 6) is -0.544. The Balaban J connectivity index is 2.32. The topological polar surface area (TPSA) is 58.4 Å². The predicted octanol–water partition coefficient (Wildman–Crippen LogP) is 3.25. The van der Waals surface area contributed by atoms with Crippen molar-refractivity contribution in [2.24, 2.45) is 0 Å². The van der Waals surface area contributed by atoms with Gasteiger partial charge in [-0.3, -0.25) is 4.79 Å². The molecule has 0 radical (unpaired) electrons. The molecule has 118 valence electrons. The second-order valence-corrected chi connectivity index (χ2v) is 5.51. The summed E-state index contributed by atoms with van der Waals surface area (Å²) < 4.78 is 13.0. The minimum absolute atomic E-state index is 0.0425. The lowest BCUT2D eigenvalue weighted by atomic mass is 10.1. The number of halogens is 1. The molecule has 0 aliphatic carbocycles. The maximum Gasteiger partial charge on any atom is 0.224 e. The Morgan fingerprint density at radius 1 is 1.48 bits per heavy atom. The third kappa shape index (κ3) is 6.12. The second-order valence-electron chi connectivity index (χ2n) is 5.51. The van der Waals surface area contributed by atoms with Crippen molar-refractivity contribution in [1.82, 2.24) is 4.90 Å². The lowest BCUT2D eigenvalue weighted by molar-refractivity contribution is -0.116. The zero-order chi connectivity index (χ0) is 15.8. The number of nitrogens with zero attached hydrogens (tertiary/aromatic N) is 1. The lowest BCUT2D eigenvalue weighted by Gasteiger charge is -2.24. The highest BCUT2D eigenvalue weighted by molar-refractivity contribution is 5.91. The molecule has 4 nitrogen and oxygen atoms in total. The van der Waals surface area contributed by atoms with E-state index in [4.69, 9.17) is 5.73 Å². The maximum atomic E-state index is 13.0. The molecule has 0 saturated heterocycles. The first-order chi connectivity index (χ1) is 9.93. The van der Waals surface area contributed by atoms with E-state index < -0.39 is 5.82 Å². The summed E-state index contributed by atoms with van der Waals surface area (Å²) in [6.45, 7) is 5.26. The quantitative estimate of drug-likeness (QED) is 0.724. The Bertz CT molecular complexity index is 465. The largest absolute Gasteiger partial charge is 0.396 e. The minimum Gasteiger partial charge on any atom is -0.396 e. The van der Waals surface area contributed by atoms with Crippen molar-refractivity contribution in [3.63, 3.8) is 0 Å². The van der Waals surface area contributed by atoms with Crippen molar-refractivity contribution >= 4 is 17.3 Å². The second kappa shape index (κ2) is 8.62. The summed E-state index contributed by atoms with van der Waals surface area (Å²) in [5, 5.41) is 2.73. The van der Waals surface area contributed by atoms with Crippen LogP contribution in [0.4, 0.5) is 15.8 Å². The summed E-state index contributed by atoms with van der Waals surface area (Å²) >= 11 is 0. The van der Waals surface area contributed by atoms with Gasteiger partial charge in [-0.1, -0.05) is 13.3 Å². The van der Waals surface area contributed by atoms with Crippen molar-refractivity contribution in [2.45, 2.75) is 45.6 Å². The fourth-order valence-corrected chi connectivity index (χ4v) is 2.19. The van der Waals surface area contributed by atoms with Crippen LogP contribution < -0.4 is 11.1 Å². The molecular weight excluding hydrogens is 269 g/mol. The molecule has 1 amide bonds. The van der Waals surface area contributed by atoms with E-state index in [0.29, 0.717) is 18.2 Å². The number of rotatable bonds is 8.